The molecule has 0 radical (unpaired) electrons. The lowest BCUT2D eigenvalue weighted by Gasteiger charge is -2.83. The standard InChI is InChI=1S/C46H64O11/c1-39(2)29-11-15-41(4)44-17-18-45(38(53)54)28(23-55-6)22-40(3)13-7-14-43(45,24-40)30(44)20-27-9-8-26(42(29,5)46(27,41)16-10-25(44)12-19-47)21-31(39)56-37-34(50)32(48)33(49)35(57-37)36(51)52/h7,10,14,16,19-20,25-29,31-35,37,48-50H,8-9,11-13,15,17-18,21-24H2,1-6H3,(H,51,52)(H,53,54). The van der Waals surface area contributed by atoms with Crippen LogP contribution in [0.15, 0.2) is 36.0 Å². The Labute approximate surface area is 336 Å². The normalized spacial score (nSPS) is 55.0. The lowest BCUT2D eigenvalue weighted by atomic mass is 9.20. The van der Waals surface area contributed by atoms with E-state index in [1.807, 2.05) is 0 Å². The highest BCUT2D eigenvalue weighted by Crippen LogP contribution is 2.88. The molecule has 9 aliphatic rings. The highest BCUT2D eigenvalue weighted by Gasteiger charge is 2.83. The summed E-state index contributed by atoms with van der Waals surface area (Å²) in [7, 11) is 1.69. The lowest BCUT2D eigenvalue weighted by Crippen LogP contribution is -2.78. The molecule has 11 heteroatoms. The van der Waals surface area contributed by atoms with E-state index in [-0.39, 0.29) is 51.2 Å². The number of hydrogen-bond acceptors (Lipinski definition) is 9. The minimum absolute atomic E-state index is 0.0644. The summed E-state index contributed by atoms with van der Waals surface area (Å²) >= 11 is 0. The van der Waals surface area contributed by atoms with Crippen molar-refractivity contribution >= 4 is 18.2 Å². The molecule has 0 amide bonds. The van der Waals surface area contributed by atoms with Gasteiger partial charge in [0.25, 0.3) is 0 Å². The van der Waals surface area contributed by atoms with Gasteiger partial charge in [-0.2, -0.15) is 0 Å². The predicted molar refractivity (Wildman–Crippen MR) is 207 cm³/mol. The Balaban J connectivity index is 1.20. The molecule has 1 heterocycles. The Bertz CT molecular complexity index is 1820. The molecular weight excluding hydrogens is 728 g/mol. The highest BCUT2D eigenvalue weighted by atomic mass is 16.7. The van der Waals surface area contributed by atoms with Gasteiger partial charge in [0.15, 0.2) is 12.4 Å². The molecule has 314 valence electrons. The van der Waals surface area contributed by atoms with Crippen LogP contribution in [0.5, 0.6) is 0 Å². The molecule has 0 aromatic carbocycles. The number of hydrogen-bond donors (Lipinski definition) is 5. The fraction of sp³-hybridized carbons (Fsp3) is 0.804. The average Bonchev–Trinajstić information content (AvgIpc) is 3.13. The summed E-state index contributed by atoms with van der Waals surface area (Å²) in [5, 5.41) is 53.5. The van der Waals surface area contributed by atoms with Gasteiger partial charge in [0.1, 0.15) is 24.6 Å². The molecule has 3 spiro atoms. The number of ether oxygens (including phenoxy) is 3. The smallest absolute Gasteiger partial charge is 0.335 e. The van der Waals surface area contributed by atoms with E-state index in [1.165, 1.54) is 5.57 Å². The van der Waals surface area contributed by atoms with Gasteiger partial charge in [-0.25, -0.2) is 4.79 Å². The van der Waals surface area contributed by atoms with Gasteiger partial charge in [0.2, 0.25) is 0 Å². The first kappa shape index (κ1) is 40.0. The van der Waals surface area contributed by atoms with Crippen molar-refractivity contribution in [1.29, 1.82) is 0 Å². The van der Waals surface area contributed by atoms with Crippen LogP contribution in [0.25, 0.3) is 0 Å². The van der Waals surface area contributed by atoms with Crippen molar-refractivity contribution in [3.05, 3.63) is 36.0 Å². The van der Waals surface area contributed by atoms with Gasteiger partial charge in [-0.3, -0.25) is 4.79 Å². The lowest BCUT2D eigenvalue weighted by molar-refractivity contribution is -0.344. The van der Waals surface area contributed by atoms with Crippen molar-refractivity contribution in [2.75, 3.05) is 13.7 Å². The summed E-state index contributed by atoms with van der Waals surface area (Å²) in [4.78, 5) is 38.9. The molecule has 9 rings (SSSR count). The molecule has 57 heavy (non-hydrogen) atoms. The first-order chi connectivity index (χ1) is 26.8. The van der Waals surface area contributed by atoms with E-state index < -0.39 is 70.4 Å². The highest BCUT2D eigenvalue weighted by molar-refractivity contribution is 5.80. The fourth-order valence-electron chi connectivity index (χ4n) is 17.6. The van der Waals surface area contributed by atoms with Gasteiger partial charge >= 0.3 is 11.9 Å². The molecule has 18 atom stereocenters. The molecule has 0 aromatic heterocycles. The quantitative estimate of drug-likeness (QED) is 0.116. The van der Waals surface area contributed by atoms with E-state index in [0.29, 0.717) is 32.3 Å². The van der Waals surface area contributed by atoms with Crippen LogP contribution in [-0.4, -0.2) is 94.3 Å². The van der Waals surface area contributed by atoms with Crippen molar-refractivity contribution < 1.29 is 54.1 Å². The number of aliphatic hydroxyl groups is 3. The van der Waals surface area contributed by atoms with Gasteiger partial charge in [-0.05, 0) is 110 Å². The number of fused-ring (bicyclic) bond motifs is 1. The van der Waals surface area contributed by atoms with Crippen molar-refractivity contribution in [2.24, 2.45) is 72.9 Å². The second-order valence-corrected chi connectivity index (χ2v) is 21.5. The zero-order chi connectivity index (χ0) is 40.9. The summed E-state index contributed by atoms with van der Waals surface area (Å²) in [6, 6.07) is 0. The van der Waals surface area contributed by atoms with E-state index in [1.54, 1.807) is 7.11 Å². The molecule has 6 fully saturated rings. The zero-order valence-electron chi connectivity index (χ0n) is 34.5. The van der Waals surface area contributed by atoms with E-state index in [0.717, 1.165) is 51.2 Å². The number of rotatable bonds is 8. The molecule has 1 saturated heterocycles. The maximum absolute atomic E-state index is 14.2. The third kappa shape index (κ3) is 4.47. The third-order valence-electron chi connectivity index (χ3n) is 19.6. The van der Waals surface area contributed by atoms with Crippen molar-refractivity contribution in [3.8, 4) is 0 Å². The number of allylic oxidation sites excluding steroid dienone is 6. The largest absolute Gasteiger partial charge is 0.481 e. The Morgan fingerprint density at radius 1 is 0.965 bits per heavy atom. The van der Waals surface area contributed by atoms with Gasteiger partial charge in [-0.1, -0.05) is 70.6 Å². The molecule has 4 bridgehead atoms. The maximum Gasteiger partial charge on any atom is 0.335 e. The Kier molecular flexibility index (Phi) is 8.82. The van der Waals surface area contributed by atoms with Crippen LogP contribution in [0.1, 0.15) is 105 Å². The Morgan fingerprint density at radius 3 is 2.40 bits per heavy atom. The SMILES string of the molecule is COCC1CC2(C)CC=CC3(C2)C2=CC4CCC5CC(OC6OC(C(=O)O)C(O)C(O)C6O)C(C)(C)C6CCC7(C)C2(CCC13C(=O)O)C(CC=O)C=CC47C56C. The van der Waals surface area contributed by atoms with E-state index >= 15 is 0 Å². The number of aliphatic hydroxyl groups excluding tert-OH is 3. The topological polar surface area (TPSA) is 180 Å². The van der Waals surface area contributed by atoms with Crippen molar-refractivity contribution in [1.82, 2.24) is 0 Å². The first-order valence-electron chi connectivity index (χ1n) is 21.7. The molecule has 18 unspecified atom stereocenters. The van der Waals surface area contributed by atoms with Crippen LogP contribution in [0.3, 0.4) is 0 Å². The van der Waals surface area contributed by atoms with Crippen LogP contribution in [0.4, 0.5) is 0 Å². The predicted octanol–water partition coefficient (Wildman–Crippen LogP) is 5.70. The molecule has 0 aromatic rings. The van der Waals surface area contributed by atoms with Crippen LogP contribution in [-0.2, 0) is 28.6 Å². The third-order valence-corrected chi connectivity index (χ3v) is 19.6. The van der Waals surface area contributed by atoms with Crippen LogP contribution in [0.2, 0.25) is 0 Å². The van der Waals surface area contributed by atoms with E-state index in [4.69, 9.17) is 14.2 Å². The zero-order valence-corrected chi connectivity index (χ0v) is 34.5. The fourth-order valence-corrected chi connectivity index (χ4v) is 17.6. The molecule has 5 N–H and O–H groups in total. The van der Waals surface area contributed by atoms with E-state index in [9.17, 15) is 39.9 Å². The Hall–Kier alpha value is -2.41. The van der Waals surface area contributed by atoms with Crippen molar-refractivity contribution in [2.45, 2.75) is 142 Å². The summed E-state index contributed by atoms with van der Waals surface area (Å²) in [6.07, 6.45) is 12.8. The number of carboxylic acid groups (broad SMARTS) is 2. The molecular formula is C46H64O11. The van der Waals surface area contributed by atoms with Gasteiger partial charge < -0.3 is 44.5 Å². The number of aliphatic carboxylic acids is 2. The van der Waals surface area contributed by atoms with Crippen LogP contribution in [0, 0.1) is 72.9 Å². The monoisotopic (exact) mass is 792 g/mol. The molecule has 5 saturated carbocycles. The van der Waals surface area contributed by atoms with E-state index in [2.05, 4.69) is 65.0 Å². The average molecular weight is 793 g/mol. The number of carboxylic acids is 2. The maximum atomic E-state index is 14.2. The summed E-state index contributed by atoms with van der Waals surface area (Å²) < 4.78 is 18.2. The molecule has 11 nitrogen and oxygen atoms in total. The van der Waals surface area contributed by atoms with Gasteiger partial charge in [0.05, 0.1) is 18.1 Å². The minimum atomic E-state index is -1.79. The van der Waals surface area contributed by atoms with Gasteiger partial charge in [0, 0.05) is 35.7 Å². The number of carbonyl (C=O) groups is 3. The summed E-state index contributed by atoms with van der Waals surface area (Å²) in [6.45, 7) is 12.2. The molecule has 8 aliphatic carbocycles. The second-order valence-electron chi connectivity index (χ2n) is 21.5. The second kappa shape index (κ2) is 12.6. The van der Waals surface area contributed by atoms with Crippen LogP contribution >= 0.6 is 0 Å². The van der Waals surface area contributed by atoms with Crippen molar-refractivity contribution in [3.63, 3.8) is 0 Å². The summed E-state index contributed by atoms with van der Waals surface area (Å²) in [5.74, 6) is -1.88. The first-order valence-corrected chi connectivity index (χ1v) is 21.7. The van der Waals surface area contributed by atoms with Crippen LogP contribution < -0.4 is 0 Å². The number of methoxy groups -OCH3 is 1. The molecule has 1 aliphatic heterocycles. The Morgan fingerprint density at radius 2 is 1.72 bits per heavy atom. The minimum Gasteiger partial charge on any atom is -0.481 e. The van der Waals surface area contributed by atoms with Gasteiger partial charge in [-0.15, -0.1) is 0 Å². The number of aldehydes is 1. The number of carbonyl (C=O) groups excluding carboxylic acids is 1. The summed E-state index contributed by atoms with van der Waals surface area (Å²) in [5.41, 5.74) is -2.24.